The van der Waals surface area contributed by atoms with E-state index in [9.17, 15) is 0 Å². The van der Waals surface area contributed by atoms with Gasteiger partial charge in [0.1, 0.15) is 0 Å². The predicted molar refractivity (Wildman–Crippen MR) is 46.7 cm³/mol. The zero-order valence-corrected chi connectivity index (χ0v) is 7.60. The largest absolute Gasteiger partial charge is 0.377 e. The summed E-state index contributed by atoms with van der Waals surface area (Å²) < 4.78 is 5.65. The van der Waals surface area contributed by atoms with Gasteiger partial charge < -0.3 is 10.1 Å². The van der Waals surface area contributed by atoms with Crippen molar-refractivity contribution in [2.75, 3.05) is 13.2 Å². The van der Waals surface area contributed by atoms with Gasteiger partial charge in [0, 0.05) is 19.2 Å². The van der Waals surface area contributed by atoms with Crippen LogP contribution in [0.4, 0.5) is 0 Å². The van der Waals surface area contributed by atoms with Gasteiger partial charge in [0.2, 0.25) is 0 Å². The van der Waals surface area contributed by atoms with Crippen LogP contribution in [0, 0.1) is 0 Å². The zero-order chi connectivity index (χ0) is 8.10. The van der Waals surface area contributed by atoms with Crippen LogP contribution in [0.15, 0.2) is 0 Å². The summed E-state index contributed by atoms with van der Waals surface area (Å²) in [5.41, 5.74) is 0. The van der Waals surface area contributed by atoms with Crippen LogP contribution in [0.25, 0.3) is 0 Å². The molecule has 0 spiro atoms. The average Bonchev–Trinajstić information content (AvgIpc) is 2.37. The Hall–Kier alpha value is -0.0800. The molecule has 1 heterocycles. The van der Waals surface area contributed by atoms with Crippen molar-refractivity contribution in [3.63, 3.8) is 0 Å². The molecule has 1 saturated heterocycles. The summed E-state index contributed by atoms with van der Waals surface area (Å²) in [7, 11) is 0. The Morgan fingerprint density at radius 1 is 1.55 bits per heavy atom. The molecule has 1 aliphatic rings. The summed E-state index contributed by atoms with van der Waals surface area (Å²) in [5, 5.41) is 3.37. The van der Waals surface area contributed by atoms with Crippen LogP contribution in [0.3, 0.4) is 0 Å². The molecular formula is C9H19NO. The van der Waals surface area contributed by atoms with Crippen LogP contribution >= 0.6 is 0 Å². The normalized spacial score (nSPS) is 31.1. The highest BCUT2D eigenvalue weighted by atomic mass is 16.5. The molecule has 0 aromatic carbocycles. The van der Waals surface area contributed by atoms with Gasteiger partial charge in [-0.1, -0.05) is 13.3 Å². The third-order valence-electron chi connectivity index (χ3n) is 2.16. The standard InChI is InChI=1S/C9H19NO/c1-3-4-5-11-9-6-8(2)10-7-9/h8-10H,3-7H2,1-2H3/t8-,9+/m1/s1. The van der Waals surface area contributed by atoms with Crippen LogP contribution in [0.2, 0.25) is 0 Å². The third-order valence-corrected chi connectivity index (χ3v) is 2.16. The van der Waals surface area contributed by atoms with Crippen molar-refractivity contribution in [1.29, 1.82) is 0 Å². The maximum absolute atomic E-state index is 5.65. The number of ether oxygens (including phenoxy) is 1. The minimum atomic E-state index is 0.483. The summed E-state index contributed by atoms with van der Waals surface area (Å²) in [4.78, 5) is 0. The lowest BCUT2D eigenvalue weighted by Crippen LogP contribution is -2.19. The molecule has 0 aliphatic carbocycles. The molecular weight excluding hydrogens is 138 g/mol. The van der Waals surface area contributed by atoms with Gasteiger partial charge in [0.15, 0.2) is 0 Å². The van der Waals surface area contributed by atoms with E-state index >= 15 is 0 Å². The second-order valence-corrected chi connectivity index (χ2v) is 3.39. The fraction of sp³-hybridized carbons (Fsp3) is 1.00. The summed E-state index contributed by atoms with van der Waals surface area (Å²) in [6, 6.07) is 0.654. The van der Waals surface area contributed by atoms with Gasteiger partial charge in [-0.05, 0) is 19.8 Å². The van der Waals surface area contributed by atoms with Crippen molar-refractivity contribution in [3.8, 4) is 0 Å². The van der Waals surface area contributed by atoms with Crippen molar-refractivity contribution in [3.05, 3.63) is 0 Å². The van der Waals surface area contributed by atoms with E-state index in [1.54, 1.807) is 0 Å². The van der Waals surface area contributed by atoms with Gasteiger partial charge in [-0.3, -0.25) is 0 Å². The first-order chi connectivity index (χ1) is 5.33. The molecule has 2 atom stereocenters. The first kappa shape index (κ1) is 9.01. The van der Waals surface area contributed by atoms with E-state index in [1.165, 1.54) is 19.3 Å². The van der Waals surface area contributed by atoms with Crippen LogP contribution < -0.4 is 5.32 Å². The fourth-order valence-corrected chi connectivity index (χ4v) is 1.41. The van der Waals surface area contributed by atoms with Crippen molar-refractivity contribution in [2.24, 2.45) is 0 Å². The summed E-state index contributed by atoms with van der Waals surface area (Å²) in [6.07, 6.45) is 4.10. The van der Waals surface area contributed by atoms with E-state index in [0.717, 1.165) is 13.2 Å². The highest BCUT2D eigenvalue weighted by Gasteiger charge is 2.20. The molecule has 2 nitrogen and oxygen atoms in total. The van der Waals surface area contributed by atoms with E-state index in [2.05, 4.69) is 19.2 Å². The highest BCUT2D eigenvalue weighted by molar-refractivity contribution is 4.78. The molecule has 2 heteroatoms. The van der Waals surface area contributed by atoms with Crippen LogP contribution in [0.1, 0.15) is 33.1 Å². The van der Waals surface area contributed by atoms with Crippen LogP contribution in [-0.4, -0.2) is 25.3 Å². The molecule has 0 aromatic rings. The second kappa shape index (κ2) is 4.73. The molecule has 0 saturated carbocycles. The van der Waals surface area contributed by atoms with Crippen molar-refractivity contribution in [1.82, 2.24) is 5.32 Å². The molecule has 1 aliphatic heterocycles. The molecule has 0 radical (unpaired) electrons. The number of hydrogen-bond acceptors (Lipinski definition) is 2. The van der Waals surface area contributed by atoms with Gasteiger partial charge in [0.25, 0.3) is 0 Å². The minimum absolute atomic E-state index is 0.483. The Kier molecular flexibility index (Phi) is 3.87. The number of rotatable bonds is 4. The second-order valence-electron chi connectivity index (χ2n) is 3.39. The van der Waals surface area contributed by atoms with Crippen molar-refractivity contribution in [2.45, 2.75) is 45.3 Å². The van der Waals surface area contributed by atoms with E-state index in [-0.39, 0.29) is 0 Å². The molecule has 1 fully saturated rings. The molecule has 66 valence electrons. The molecule has 11 heavy (non-hydrogen) atoms. The van der Waals surface area contributed by atoms with E-state index in [0.29, 0.717) is 12.1 Å². The molecule has 0 bridgehead atoms. The Labute approximate surface area is 69.3 Å². The lowest BCUT2D eigenvalue weighted by molar-refractivity contribution is 0.0637. The van der Waals surface area contributed by atoms with Crippen molar-refractivity contribution < 1.29 is 4.74 Å². The SMILES string of the molecule is CCCCO[C@@H]1CN[C@H](C)C1. The van der Waals surface area contributed by atoms with Gasteiger partial charge in [-0.15, -0.1) is 0 Å². The number of hydrogen-bond donors (Lipinski definition) is 1. The Bertz CT molecular complexity index is 106. The van der Waals surface area contributed by atoms with E-state index in [1.807, 2.05) is 0 Å². The zero-order valence-electron chi connectivity index (χ0n) is 7.60. The highest BCUT2D eigenvalue weighted by Crippen LogP contribution is 2.09. The van der Waals surface area contributed by atoms with Gasteiger partial charge in [-0.25, -0.2) is 0 Å². The topological polar surface area (TPSA) is 21.3 Å². The first-order valence-corrected chi connectivity index (χ1v) is 4.68. The molecule has 1 N–H and O–H groups in total. The quantitative estimate of drug-likeness (QED) is 0.625. The first-order valence-electron chi connectivity index (χ1n) is 4.68. The minimum Gasteiger partial charge on any atom is -0.377 e. The summed E-state index contributed by atoms with van der Waals surface area (Å²) in [5.74, 6) is 0. The lowest BCUT2D eigenvalue weighted by atomic mass is 10.2. The monoisotopic (exact) mass is 157 g/mol. The number of unbranched alkanes of at least 4 members (excludes halogenated alkanes) is 1. The Morgan fingerprint density at radius 2 is 2.36 bits per heavy atom. The Balaban J connectivity index is 1.99. The summed E-state index contributed by atoms with van der Waals surface area (Å²) >= 11 is 0. The van der Waals surface area contributed by atoms with Gasteiger partial charge in [0.05, 0.1) is 6.10 Å². The van der Waals surface area contributed by atoms with E-state index < -0.39 is 0 Å². The lowest BCUT2D eigenvalue weighted by Gasteiger charge is -2.09. The summed E-state index contributed by atoms with van der Waals surface area (Å²) in [6.45, 7) is 6.39. The molecule has 0 unspecified atom stereocenters. The average molecular weight is 157 g/mol. The molecule has 0 amide bonds. The van der Waals surface area contributed by atoms with Crippen molar-refractivity contribution >= 4 is 0 Å². The van der Waals surface area contributed by atoms with Gasteiger partial charge in [-0.2, -0.15) is 0 Å². The predicted octanol–water partition coefficient (Wildman–Crippen LogP) is 1.55. The maximum atomic E-state index is 5.65. The molecule has 1 rings (SSSR count). The molecule has 0 aromatic heterocycles. The van der Waals surface area contributed by atoms with Crippen LogP contribution in [0.5, 0.6) is 0 Å². The van der Waals surface area contributed by atoms with E-state index in [4.69, 9.17) is 4.74 Å². The third kappa shape index (κ3) is 3.21. The smallest absolute Gasteiger partial charge is 0.0714 e. The Morgan fingerprint density at radius 3 is 2.91 bits per heavy atom. The van der Waals surface area contributed by atoms with Crippen LogP contribution in [-0.2, 0) is 4.74 Å². The fourth-order valence-electron chi connectivity index (χ4n) is 1.41. The maximum Gasteiger partial charge on any atom is 0.0714 e. The number of nitrogens with one attached hydrogen (secondary N) is 1. The van der Waals surface area contributed by atoms with Gasteiger partial charge >= 0.3 is 0 Å².